The summed E-state index contributed by atoms with van der Waals surface area (Å²) in [7, 11) is 0. The van der Waals surface area contributed by atoms with Crippen molar-refractivity contribution < 1.29 is 13.5 Å². The Bertz CT molecular complexity index is 857. The molecule has 1 unspecified atom stereocenters. The van der Waals surface area contributed by atoms with Gasteiger partial charge >= 0.3 is 6.55 Å². The Morgan fingerprint density at radius 1 is 1.23 bits per heavy atom. The third kappa shape index (κ3) is 4.35. The second kappa shape index (κ2) is 8.53. The minimum atomic E-state index is -2.73. The number of fused-ring (bicyclic) bond motifs is 1. The van der Waals surface area contributed by atoms with Gasteiger partial charge in [0.05, 0.1) is 30.1 Å². The van der Waals surface area contributed by atoms with Gasteiger partial charge in [-0.3, -0.25) is 0 Å². The van der Waals surface area contributed by atoms with Crippen LogP contribution in [0.4, 0.5) is 8.78 Å². The fourth-order valence-corrected chi connectivity index (χ4v) is 3.01. The highest BCUT2D eigenvalue weighted by molar-refractivity contribution is 6.30. The maximum atomic E-state index is 13.1. The molecule has 0 bridgehead atoms. The Morgan fingerprint density at radius 2 is 2.00 bits per heavy atom. The Morgan fingerprint density at radius 3 is 2.73 bits per heavy atom. The van der Waals surface area contributed by atoms with E-state index in [2.05, 4.69) is 10.1 Å². The van der Waals surface area contributed by atoms with Crippen LogP contribution in [-0.2, 0) is 11.2 Å². The highest BCUT2D eigenvalue weighted by Gasteiger charge is 2.16. The number of pyridine rings is 1. The number of hydrogen-bond acceptors (Lipinski definition) is 4. The highest BCUT2D eigenvalue weighted by atomic mass is 35.5. The lowest BCUT2D eigenvalue weighted by atomic mass is 10.1. The van der Waals surface area contributed by atoms with Crippen LogP contribution in [-0.4, -0.2) is 28.0 Å². The standard InChI is InChI=1S/C18H19ClF2N4O/c19-16-9-13-10-23-25(18(20)21)17(13)15(24-16)7-4-8-26-11-14(22)12-5-2-1-3-6-12/h1-3,5-6,9-10,14,18H,4,7-8,11,22H2. The Kier molecular flexibility index (Phi) is 6.13. The second-order valence-electron chi connectivity index (χ2n) is 5.89. The van der Waals surface area contributed by atoms with E-state index in [0.29, 0.717) is 47.3 Å². The quantitative estimate of drug-likeness (QED) is 0.471. The first-order chi connectivity index (χ1) is 12.6. The van der Waals surface area contributed by atoms with Crippen LogP contribution in [0.5, 0.6) is 0 Å². The molecule has 8 heteroatoms. The molecule has 0 aliphatic rings. The fourth-order valence-electron chi connectivity index (χ4n) is 2.79. The summed E-state index contributed by atoms with van der Waals surface area (Å²) in [5, 5.41) is 4.52. The SMILES string of the molecule is NC(COCCCc1nc(Cl)cc2cnn(C(F)F)c12)c1ccccc1. The average molecular weight is 381 g/mol. The molecule has 1 aromatic carbocycles. The van der Waals surface area contributed by atoms with Crippen molar-refractivity contribution in [3.63, 3.8) is 0 Å². The highest BCUT2D eigenvalue weighted by Crippen LogP contribution is 2.25. The van der Waals surface area contributed by atoms with Crippen molar-refractivity contribution in [1.82, 2.24) is 14.8 Å². The second-order valence-corrected chi connectivity index (χ2v) is 6.28. The van der Waals surface area contributed by atoms with Crippen LogP contribution < -0.4 is 5.73 Å². The maximum Gasteiger partial charge on any atom is 0.333 e. The minimum Gasteiger partial charge on any atom is -0.379 e. The number of nitrogens with two attached hydrogens (primary N) is 1. The van der Waals surface area contributed by atoms with Crippen LogP contribution in [0.25, 0.3) is 10.9 Å². The van der Waals surface area contributed by atoms with Crippen molar-refractivity contribution in [3.05, 3.63) is 59.0 Å². The normalized spacial score (nSPS) is 12.8. The van der Waals surface area contributed by atoms with Crippen LogP contribution >= 0.6 is 11.6 Å². The van der Waals surface area contributed by atoms with Gasteiger partial charge in [0.2, 0.25) is 0 Å². The number of nitrogens with zero attached hydrogens (tertiary/aromatic N) is 3. The summed E-state index contributed by atoms with van der Waals surface area (Å²) < 4.78 is 32.5. The van der Waals surface area contributed by atoms with Crippen molar-refractivity contribution in [1.29, 1.82) is 0 Å². The van der Waals surface area contributed by atoms with E-state index in [1.807, 2.05) is 30.3 Å². The first-order valence-electron chi connectivity index (χ1n) is 8.25. The van der Waals surface area contributed by atoms with Gasteiger partial charge in [0.25, 0.3) is 0 Å². The zero-order valence-corrected chi connectivity index (χ0v) is 14.7. The van der Waals surface area contributed by atoms with Gasteiger partial charge in [-0.25, -0.2) is 9.67 Å². The third-order valence-electron chi connectivity index (χ3n) is 4.03. The largest absolute Gasteiger partial charge is 0.379 e. The lowest BCUT2D eigenvalue weighted by Crippen LogP contribution is -2.17. The summed E-state index contributed by atoms with van der Waals surface area (Å²) in [6.45, 7) is -1.90. The molecule has 0 spiro atoms. The summed E-state index contributed by atoms with van der Waals surface area (Å²) in [6.07, 6.45) is 2.43. The number of alkyl halides is 2. The van der Waals surface area contributed by atoms with E-state index in [1.165, 1.54) is 12.3 Å². The van der Waals surface area contributed by atoms with Gasteiger partial charge in [0.1, 0.15) is 5.15 Å². The van der Waals surface area contributed by atoms with Gasteiger partial charge in [-0.05, 0) is 24.5 Å². The number of aryl methyl sites for hydroxylation is 1. The number of hydrogen-bond donors (Lipinski definition) is 1. The molecule has 0 aliphatic carbocycles. The van der Waals surface area contributed by atoms with Crippen LogP contribution in [0.15, 0.2) is 42.6 Å². The smallest absolute Gasteiger partial charge is 0.333 e. The summed E-state index contributed by atoms with van der Waals surface area (Å²) in [6, 6.07) is 11.0. The van der Waals surface area contributed by atoms with Gasteiger partial charge in [-0.1, -0.05) is 41.9 Å². The van der Waals surface area contributed by atoms with Crippen molar-refractivity contribution in [2.75, 3.05) is 13.2 Å². The van der Waals surface area contributed by atoms with E-state index in [-0.39, 0.29) is 11.2 Å². The van der Waals surface area contributed by atoms with Gasteiger partial charge < -0.3 is 10.5 Å². The Hall–Kier alpha value is -2.09. The molecule has 1 atom stereocenters. The van der Waals surface area contributed by atoms with Gasteiger partial charge in [-0.2, -0.15) is 13.9 Å². The molecule has 3 aromatic rings. The molecule has 0 saturated heterocycles. The first kappa shape index (κ1) is 18.7. The molecule has 3 rings (SSSR count). The van der Waals surface area contributed by atoms with E-state index in [0.717, 1.165) is 5.56 Å². The molecule has 26 heavy (non-hydrogen) atoms. The average Bonchev–Trinajstić information content (AvgIpc) is 3.06. The van der Waals surface area contributed by atoms with Crippen molar-refractivity contribution in [2.45, 2.75) is 25.4 Å². The van der Waals surface area contributed by atoms with Gasteiger partial charge in [0.15, 0.2) is 0 Å². The predicted molar refractivity (Wildman–Crippen MR) is 96.3 cm³/mol. The molecular formula is C18H19ClF2N4O. The van der Waals surface area contributed by atoms with Gasteiger partial charge in [-0.15, -0.1) is 0 Å². The lowest BCUT2D eigenvalue weighted by molar-refractivity contribution is 0.0612. The molecular weight excluding hydrogens is 362 g/mol. The van der Waals surface area contributed by atoms with E-state index in [4.69, 9.17) is 22.1 Å². The number of ether oxygens (including phenoxy) is 1. The minimum absolute atomic E-state index is 0.201. The van der Waals surface area contributed by atoms with E-state index >= 15 is 0 Å². The predicted octanol–water partition coefficient (Wildman–Crippen LogP) is 4.13. The molecule has 5 nitrogen and oxygen atoms in total. The van der Waals surface area contributed by atoms with Crippen LogP contribution in [0.3, 0.4) is 0 Å². The molecule has 0 amide bonds. The fraction of sp³-hybridized carbons (Fsp3) is 0.333. The molecule has 2 N–H and O–H groups in total. The Labute approximate surface area is 154 Å². The van der Waals surface area contributed by atoms with E-state index in [1.54, 1.807) is 0 Å². The van der Waals surface area contributed by atoms with Crippen LogP contribution in [0.2, 0.25) is 5.15 Å². The maximum absolute atomic E-state index is 13.1. The molecule has 0 fully saturated rings. The molecule has 0 radical (unpaired) electrons. The summed E-state index contributed by atoms with van der Waals surface area (Å²) in [5.74, 6) is 0. The van der Waals surface area contributed by atoms with Crippen LogP contribution in [0, 0.1) is 0 Å². The lowest BCUT2D eigenvalue weighted by Gasteiger charge is -2.12. The zero-order valence-electron chi connectivity index (χ0n) is 14.0. The number of aromatic nitrogens is 3. The molecule has 138 valence electrons. The third-order valence-corrected chi connectivity index (χ3v) is 4.22. The number of rotatable bonds is 8. The van der Waals surface area contributed by atoms with Gasteiger partial charge in [0, 0.05) is 12.0 Å². The van der Waals surface area contributed by atoms with Crippen LogP contribution in [0.1, 0.15) is 30.3 Å². The van der Waals surface area contributed by atoms with E-state index in [9.17, 15) is 8.78 Å². The molecule has 2 heterocycles. The Balaban J connectivity index is 1.57. The molecule has 0 saturated carbocycles. The van der Waals surface area contributed by atoms with E-state index < -0.39 is 6.55 Å². The van der Waals surface area contributed by atoms with Crippen molar-refractivity contribution >= 4 is 22.5 Å². The monoisotopic (exact) mass is 380 g/mol. The van der Waals surface area contributed by atoms with Crippen molar-refractivity contribution in [2.24, 2.45) is 5.73 Å². The molecule has 0 aliphatic heterocycles. The molecule has 2 aromatic heterocycles. The van der Waals surface area contributed by atoms with Crippen molar-refractivity contribution in [3.8, 4) is 0 Å². The first-order valence-corrected chi connectivity index (χ1v) is 8.63. The summed E-state index contributed by atoms with van der Waals surface area (Å²) in [5.41, 5.74) is 7.88. The zero-order chi connectivity index (χ0) is 18.5. The topological polar surface area (TPSA) is 66.0 Å². The summed E-state index contributed by atoms with van der Waals surface area (Å²) >= 11 is 5.98. The number of benzene rings is 1. The summed E-state index contributed by atoms with van der Waals surface area (Å²) in [4.78, 5) is 4.19. The number of halogens is 3.